The number of halogens is 1. The Morgan fingerprint density at radius 3 is 2.57 bits per heavy atom. The molecule has 21 heavy (non-hydrogen) atoms. The fourth-order valence-corrected chi connectivity index (χ4v) is 3.83. The molecule has 2 heterocycles. The zero-order valence-corrected chi connectivity index (χ0v) is 13.4. The van der Waals surface area contributed by atoms with Gasteiger partial charge in [-0.2, -0.15) is 0 Å². The van der Waals surface area contributed by atoms with Gasteiger partial charge >= 0.3 is 0 Å². The van der Waals surface area contributed by atoms with Crippen molar-refractivity contribution in [2.24, 2.45) is 0 Å². The monoisotopic (exact) mass is 343 g/mol. The lowest BCUT2D eigenvalue weighted by atomic mass is 9.69. The summed E-state index contributed by atoms with van der Waals surface area (Å²) in [7, 11) is 0. The van der Waals surface area contributed by atoms with Crippen molar-refractivity contribution in [2.75, 3.05) is 19.7 Å². The minimum absolute atomic E-state index is 0.256. The molecule has 0 amide bonds. The molecule has 2 aromatic rings. The van der Waals surface area contributed by atoms with E-state index in [1.807, 2.05) is 0 Å². The predicted molar refractivity (Wildman–Crippen MR) is 88.0 cm³/mol. The minimum atomic E-state index is 0.256. The standard InChI is InChI=1S/C18H18BrNO/c19-15-7-5-14(6-8-15)18(11-20-12-18)9-13-10-21-17-4-2-1-3-16(13)17/h1-8,13,20H,9-12H2. The Hall–Kier alpha value is -1.32. The molecule has 0 aromatic heterocycles. The van der Waals surface area contributed by atoms with Gasteiger partial charge in [0.05, 0.1) is 6.61 Å². The molecule has 3 heteroatoms. The van der Waals surface area contributed by atoms with E-state index in [9.17, 15) is 0 Å². The van der Waals surface area contributed by atoms with Crippen LogP contribution in [0.4, 0.5) is 0 Å². The molecule has 0 spiro atoms. The van der Waals surface area contributed by atoms with Crippen LogP contribution in [-0.2, 0) is 5.41 Å². The largest absolute Gasteiger partial charge is 0.493 e. The van der Waals surface area contributed by atoms with Crippen molar-refractivity contribution in [1.29, 1.82) is 0 Å². The molecule has 4 rings (SSSR count). The molecule has 0 radical (unpaired) electrons. The van der Waals surface area contributed by atoms with Crippen molar-refractivity contribution in [3.63, 3.8) is 0 Å². The fraction of sp³-hybridized carbons (Fsp3) is 0.333. The summed E-state index contributed by atoms with van der Waals surface area (Å²) in [4.78, 5) is 0. The highest BCUT2D eigenvalue weighted by molar-refractivity contribution is 9.10. The highest BCUT2D eigenvalue weighted by Gasteiger charge is 2.42. The average molecular weight is 344 g/mol. The number of nitrogens with one attached hydrogen (secondary N) is 1. The topological polar surface area (TPSA) is 21.3 Å². The highest BCUT2D eigenvalue weighted by atomic mass is 79.9. The molecule has 1 atom stereocenters. The normalized spacial score (nSPS) is 22.2. The number of rotatable bonds is 3. The molecule has 108 valence electrons. The summed E-state index contributed by atoms with van der Waals surface area (Å²) < 4.78 is 6.99. The summed E-state index contributed by atoms with van der Waals surface area (Å²) in [6.07, 6.45) is 1.15. The van der Waals surface area contributed by atoms with E-state index in [-0.39, 0.29) is 5.41 Å². The van der Waals surface area contributed by atoms with Crippen molar-refractivity contribution in [2.45, 2.75) is 17.8 Å². The van der Waals surface area contributed by atoms with Crippen LogP contribution in [0.15, 0.2) is 53.0 Å². The molecule has 1 N–H and O–H groups in total. The third-order valence-electron chi connectivity index (χ3n) is 4.82. The van der Waals surface area contributed by atoms with Gasteiger partial charge in [0.25, 0.3) is 0 Å². The van der Waals surface area contributed by atoms with Crippen molar-refractivity contribution in [1.82, 2.24) is 5.32 Å². The van der Waals surface area contributed by atoms with Crippen molar-refractivity contribution in [3.8, 4) is 5.75 Å². The van der Waals surface area contributed by atoms with Gasteiger partial charge < -0.3 is 10.1 Å². The van der Waals surface area contributed by atoms with Crippen LogP contribution in [0.2, 0.25) is 0 Å². The summed E-state index contributed by atoms with van der Waals surface area (Å²) >= 11 is 3.53. The molecule has 2 aromatic carbocycles. The summed E-state index contributed by atoms with van der Waals surface area (Å²) in [6.45, 7) is 2.94. The second kappa shape index (κ2) is 5.15. The smallest absolute Gasteiger partial charge is 0.122 e. The van der Waals surface area contributed by atoms with Crippen LogP contribution in [0.25, 0.3) is 0 Å². The lowest BCUT2D eigenvalue weighted by Crippen LogP contribution is -2.57. The first-order valence-electron chi connectivity index (χ1n) is 7.45. The molecule has 0 saturated carbocycles. The van der Waals surface area contributed by atoms with E-state index in [1.54, 1.807) is 0 Å². The second-order valence-electron chi connectivity index (χ2n) is 6.14. The molecule has 0 aliphatic carbocycles. The zero-order valence-electron chi connectivity index (χ0n) is 11.8. The third kappa shape index (κ3) is 2.29. The van der Waals surface area contributed by atoms with Crippen LogP contribution in [-0.4, -0.2) is 19.7 Å². The van der Waals surface area contributed by atoms with Crippen LogP contribution in [0, 0.1) is 0 Å². The first kappa shape index (κ1) is 13.4. The van der Waals surface area contributed by atoms with Gasteiger partial charge in [0.15, 0.2) is 0 Å². The maximum Gasteiger partial charge on any atom is 0.122 e. The van der Waals surface area contributed by atoms with Gasteiger partial charge in [-0.15, -0.1) is 0 Å². The quantitative estimate of drug-likeness (QED) is 0.913. The Balaban J connectivity index is 1.62. The van der Waals surface area contributed by atoms with E-state index >= 15 is 0 Å². The lowest BCUT2D eigenvalue weighted by molar-refractivity contribution is 0.221. The number of fused-ring (bicyclic) bond motifs is 1. The predicted octanol–water partition coefficient (Wildman–Crippen LogP) is 3.86. The van der Waals surface area contributed by atoms with Gasteiger partial charge in [0, 0.05) is 34.5 Å². The summed E-state index contributed by atoms with van der Waals surface area (Å²) in [5, 5.41) is 3.46. The Bertz CT molecular complexity index is 649. The fourth-order valence-electron chi connectivity index (χ4n) is 3.57. The van der Waals surface area contributed by atoms with Crippen molar-refractivity contribution in [3.05, 3.63) is 64.1 Å². The van der Waals surface area contributed by atoms with E-state index in [2.05, 4.69) is 69.8 Å². The van der Waals surface area contributed by atoms with Gasteiger partial charge in [-0.1, -0.05) is 46.3 Å². The lowest BCUT2D eigenvalue weighted by Gasteiger charge is -2.44. The molecule has 0 bridgehead atoms. The van der Waals surface area contributed by atoms with E-state index in [0.717, 1.165) is 36.3 Å². The maximum atomic E-state index is 5.85. The first-order valence-corrected chi connectivity index (χ1v) is 8.25. The van der Waals surface area contributed by atoms with E-state index in [4.69, 9.17) is 4.74 Å². The first-order chi connectivity index (χ1) is 10.3. The second-order valence-corrected chi connectivity index (χ2v) is 7.06. The van der Waals surface area contributed by atoms with Crippen molar-refractivity contribution >= 4 is 15.9 Å². The molecule has 1 saturated heterocycles. The molecule has 2 aliphatic heterocycles. The van der Waals surface area contributed by atoms with Crippen molar-refractivity contribution < 1.29 is 4.74 Å². The summed E-state index contributed by atoms with van der Waals surface area (Å²) in [5.41, 5.74) is 3.07. The number of benzene rings is 2. The molecule has 2 aliphatic rings. The van der Waals surface area contributed by atoms with Gasteiger partial charge in [-0.25, -0.2) is 0 Å². The molecular weight excluding hydrogens is 326 g/mol. The number of hydrogen-bond donors (Lipinski definition) is 1. The molecular formula is C18H18BrNO. The number of hydrogen-bond acceptors (Lipinski definition) is 2. The zero-order chi connectivity index (χ0) is 14.3. The van der Waals surface area contributed by atoms with Crippen LogP contribution < -0.4 is 10.1 Å². The van der Waals surface area contributed by atoms with Crippen LogP contribution >= 0.6 is 15.9 Å². The molecule has 2 nitrogen and oxygen atoms in total. The summed E-state index contributed by atoms with van der Waals surface area (Å²) in [6, 6.07) is 17.3. The Morgan fingerprint density at radius 2 is 1.86 bits per heavy atom. The van der Waals surface area contributed by atoms with E-state index < -0.39 is 0 Å². The minimum Gasteiger partial charge on any atom is -0.493 e. The maximum absolute atomic E-state index is 5.85. The highest BCUT2D eigenvalue weighted by Crippen LogP contribution is 2.43. The SMILES string of the molecule is Brc1ccc(C2(CC3COc4ccccc43)CNC2)cc1. The Morgan fingerprint density at radius 1 is 1.10 bits per heavy atom. The average Bonchev–Trinajstić information content (AvgIpc) is 2.87. The third-order valence-corrected chi connectivity index (χ3v) is 5.35. The Labute approximate surface area is 133 Å². The van der Waals surface area contributed by atoms with Gasteiger partial charge in [-0.05, 0) is 30.2 Å². The number of para-hydroxylation sites is 1. The van der Waals surface area contributed by atoms with Gasteiger partial charge in [-0.3, -0.25) is 0 Å². The van der Waals surface area contributed by atoms with E-state index in [0.29, 0.717) is 5.92 Å². The van der Waals surface area contributed by atoms with Crippen LogP contribution in [0.1, 0.15) is 23.5 Å². The summed E-state index contributed by atoms with van der Waals surface area (Å²) in [5.74, 6) is 1.58. The molecule has 1 fully saturated rings. The van der Waals surface area contributed by atoms with Gasteiger partial charge in [0.2, 0.25) is 0 Å². The number of ether oxygens (including phenoxy) is 1. The van der Waals surface area contributed by atoms with Crippen LogP contribution in [0.5, 0.6) is 5.75 Å². The van der Waals surface area contributed by atoms with E-state index in [1.165, 1.54) is 11.1 Å². The Kier molecular flexibility index (Phi) is 3.27. The molecule has 1 unspecified atom stereocenters. The van der Waals surface area contributed by atoms with Crippen LogP contribution in [0.3, 0.4) is 0 Å². The van der Waals surface area contributed by atoms with Gasteiger partial charge in [0.1, 0.15) is 5.75 Å².